The number of hydrogen-bond acceptors (Lipinski definition) is 6. The van der Waals surface area contributed by atoms with Gasteiger partial charge in [0.25, 0.3) is 10.0 Å². The summed E-state index contributed by atoms with van der Waals surface area (Å²) in [5.41, 5.74) is -0.708. The summed E-state index contributed by atoms with van der Waals surface area (Å²) in [7, 11) is -4.42. The lowest BCUT2D eigenvalue weighted by Gasteiger charge is -2.39. The van der Waals surface area contributed by atoms with E-state index in [1.54, 1.807) is 38.1 Å². The van der Waals surface area contributed by atoms with E-state index in [1.807, 2.05) is 4.90 Å². The normalized spacial score (nSPS) is 15.6. The van der Waals surface area contributed by atoms with E-state index in [2.05, 4.69) is 15.8 Å². The Morgan fingerprint density at radius 1 is 1.10 bits per heavy atom. The highest BCUT2D eigenvalue weighted by molar-refractivity contribution is 7.92. The fourth-order valence-corrected chi connectivity index (χ4v) is 6.42. The molecular weight excluding hydrogens is 576 g/mol. The zero-order valence-electron chi connectivity index (χ0n) is 20.8. The van der Waals surface area contributed by atoms with Crippen molar-refractivity contribution in [1.82, 2.24) is 4.98 Å². The molecule has 0 radical (unpaired) electrons. The summed E-state index contributed by atoms with van der Waals surface area (Å²) < 4.78 is 67.4. The Morgan fingerprint density at radius 2 is 1.72 bits per heavy atom. The topological polar surface area (TPSA) is 106 Å². The van der Waals surface area contributed by atoms with Crippen molar-refractivity contribution in [3.8, 4) is 6.07 Å². The molecule has 2 heterocycles. The number of alkyl halides is 3. The molecule has 4 rings (SSSR count). The number of halogens is 5. The van der Waals surface area contributed by atoms with Crippen LogP contribution in [0.1, 0.15) is 40.8 Å². The number of aromatic nitrogens is 1. The molecule has 39 heavy (non-hydrogen) atoms. The molecule has 1 aromatic heterocycles. The standard InChI is InChI=1S/C26H23Cl2F3N4O3S/c1-15-20(14-32)24(35-11-9-25(36,10-12-35)17-3-6-19(27)7-4-17)33-16(2)23(15)34-39(37,38)22-8-5-18(13-21(22)28)26(29,30)31/h3-8,13,34,36H,9-12H2,1-2H3. The summed E-state index contributed by atoms with van der Waals surface area (Å²) in [6, 6.07) is 11.0. The molecule has 13 heteroatoms. The number of aryl methyl sites for hydroxylation is 1. The molecule has 0 amide bonds. The summed E-state index contributed by atoms with van der Waals surface area (Å²) in [6.07, 6.45) is -3.97. The molecule has 0 saturated carbocycles. The highest BCUT2D eigenvalue weighted by Gasteiger charge is 2.36. The number of pyridine rings is 1. The predicted molar refractivity (Wildman–Crippen MR) is 142 cm³/mol. The van der Waals surface area contributed by atoms with Gasteiger partial charge in [-0.25, -0.2) is 13.4 Å². The molecule has 1 saturated heterocycles. The number of rotatable bonds is 5. The van der Waals surface area contributed by atoms with Crippen molar-refractivity contribution in [2.45, 2.75) is 43.4 Å². The summed E-state index contributed by atoms with van der Waals surface area (Å²) in [6.45, 7) is 3.87. The SMILES string of the molecule is Cc1nc(N2CCC(O)(c3ccc(Cl)cc3)CC2)c(C#N)c(C)c1NS(=O)(=O)c1ccc(C(F)(F)F)cc1Cl. The molecule has 2 aromatic carbocycles. The Labute approximate surface area is 233 Å². The first-order valence-electron chi connectivity index (χ1n) is 11.7. The van der Waals surface area contributed by atoms with Crippen LogP contribution in [-0.4, -0.2) is 31.6 Å². The van der Waals surface area contributed by atoms with Crippen molar-refractivity contribution >= 4 is 44.7 Å². The largest absolute Gasteiger partial charge is 0.416 e. The third kappa shape index (κ3) is 5.79. The number of sulfonamides is 1. The van der Waals surface area contributed by atoms with Gasteiger partial charge in [0, 0.05) is 18.1 Å². The van der Waals surface area contributed by atoms with Crippen molar-refractivity contribution in [2.75, 3.05) is 22.7 Å². The van der Waals surface area contributed by atoms with E-state index < -0.39 is 37.3 Å². The van der Waals surface area contributed by atoms with Gasteiger partial charge >= 0.3 is 6.18 Å². The number of piperidine rings is 1. The Bertz CT molecular complexity index is 1570. The average molecular weight is 599 g/mol. The maximum Gasteiger partial charge on any atom is 0.416 e. The van der Waals surface area contributed by atoms with Crippen LogP contribution in [0.4, 0.5) is 24.7 Å². The fourth-order valence-electron chi connectivity index (χ4n) is 4.57. The van der Waals surface area contributed by atoms with Crippen LogP contribution in [0.25, 0.3) is 0 Å². The Hall–Kier alpha value is -3.04. The highest BCUT2D eigenvalue weighted by Crippen LogP contribution is 2.38. The van der Waals surface area contributed by atoms with E-state index in [0.717, 1.165) is 11.6 Å². The first kappa shape index (κ1) is 29.0. The molecule has 206 valence electrons. The van der Waals surface area contributed by atoms with E-state index in [-0.39, 0.29) is 16.9 Å². The third-order valence-electron chi connectivity index (χ3n) is 6.78. The monoisotopic (exact) mass is 598 g/mol. The van der Waals surface area contributed by atoms with Gasteiger partial charge in [-0.05, 0) is 68.1 Å². The Kier molecular flexibility index (Phi) is 7.80. The number of hydrogen-bond donors (Lipinski definition) is 2. The third-order valence-corrected chi connectivity index (χ3v) is 8.86. The van der Waals surface area contributed by atoms with Crippen LogP contribution in [0.5, 0.6) is 0 Å². The quantitative estimate of drug-likeness (QED) is 0.363. The lowest BCUT2D eigenvalue weighted by Crippen LogP contribution is -2.43. The Morgan fingerprint density at radius 3 is 2.26 bits per heavy atom. The van der Waals surface area contributed by atoms with Crippen LogP contribution in [0.3, 0.4) is 0 Å². The molecule has 7 nitrogen and oxygen atoms in total. The van der Waals surface area contributed by atoms with Crippen LogP contribution in [-0.2, 0) is 21.8 Å². The van der Waals surface area contributed by atoms with E-state index in [1.165, 1.54) is 0 Å². The van der Waals surface area contributed by atoms with E-state index in [9.17, 15) is 32.0 Å². The van der Waals surface area contributed by atoms with Gasteiger partial charge < -0.3 is 10.0 Å². The number of nitriles is 1. The van der Waals surface area contributed by atoms with E-state index in [0.29, 0.717) is 54.5 Å². The summed E-state index contributed by atoms with van der Waals surface area (Å²) in [4.78, 5) is 5.81. The van der Waals surface area contributed by atoms with Gasteiger partial charge in [0.15, 0.2) is 0 Å². The second-order valence-corrected chi connectivity index (χ2v) is 11.8. The van der Waals surface area contributed by atoms with Gasteiger partial charge in [0.1, 0.15) is 16.8 Å². The number of aliphatic hydroxyl groups is 1. The van der Waals surface area contributed by atoms with Crippen molar-refractivity contribution in [3.63, 3.8) is 0 Å². The number of benzene rings is 2. The lowest BCUT2D eigenvalue weighted by atomic mass is 9.84. The molecule has 0 spiro atoms. The van der Waals surface area contributed by atoms with Gasteiger partial charge in [-0.2, -0.15) is 18.4 Å². The molecular formula is C26H23Cl2F3N4O3S. The molecule has 0 atom stereocenters. The summed E-state index contributed by atoms with van der Waals surface area (Å²) in [5, 5.41) is 21.1. The second kappa shape index (κ2) is 10.5. The van der Waals surface area contributed by atoms with Crippen LogP contribution < -0.4 is 9.62 Å². The van der Waals surface area contributed by atoms with Crippen LogP contribution in [0, 0.1) is 25.2 Å². The minimum absolute atomic E-state index is 0.0287. The zero-order valence-corrected chi connectivity index (χ0v) is 23.1. The van der Waals surface area contributed by atoms with E-state index >= 15 is 0 Å². The van der Waals surface area contributed by atoms with Gasteiger partial charge in [0.2, 0.25) is 0 Å². The fraction of sp³-hybridized carbons (Fsp3) is 0.308. The minimum Gasteiger partial charge on any atom is -0.385 e. The molecule has 1 fully saturated rings. The number of anilines is 2. The first-order valence-corrected chi connectivity index (χ1v) is 13.9. The predicted octanol–water partition coefficient (Wildman–Crippen LogP) is 6.18. The summed E-state index contributed by atoms with van der Waals surface area (Å²) in [5.74, 6) is 0.348. The van der Waals surface area contributed by atoms with Crippen molar-refractivity contribution in [3.05, 3.63) is 80.5 Å². The van der Waals surface area contributed by atoms with Crippen molar-refractivity contribution in [2.24, 2.45) is 0 Å². The van der Waals surface area contributed by atoms with Gasteiger partial charge in [-0.1, -0.05) is 35.3 Å². The van der Waals surface area contributed by atoms with Crippen LogP contribution in [0.15, 0.2) is 47.4 Å². The van der Waals surface area contributed by atoms with Gasteiger partial charge in [0.05, 0.1) is 33.1 Å². The van der Waals surface area contributed by atoms with E-state index in [4.69, 9.17) is 23.2 Å². The maximum absolute atomic E-state index is 13.1. The first-order chi connectivity index (χ1) is 18.2. The molecule has 1 aliphatic heterocycles. The van der Waals surface area contributed by atoms with Gasteiger partial charge in [-0.15, -0.1) is 0 Å². The molecule has 3 aromatic rings. The highest BCUT2D eigenvalue weighted by atomic mass is 35.5. The average Bonchev–Trinajstić information content (AvgIpc) is 2.86. The molecule has 2 N–H and O–H groups in total. The molecule has 0 bridgehead atoms. The number of nitrogens with one attached hydrogen (secondary N) is 1. The van der Waals surface area contributed by atoms with Crippen molar-refractivity contribution < 1.29 is 26.7 Å². The zero-order chi connectivity index (χ0) is 28.8. The maximum atomic E-state index is 13.1. The van der Waals surface area contributed by atoms with Crippen LogP contribution >= 0.6 is 23.2 Å². The minimum atomic E-state index is -4.69. The lowest BCUT2D eigenvalue weighted by molar-refractivity contribution is -0.137. The van der Waals surface area contributed by atoms with Crippen molar-refractivity contribution in [1.29, 1.82) is 5.26 Å². The molecule has 1 aliphatic rings. The Balaban J connectivity index is 1.61. The molecule has 0 unspecified atom stereocenters. The van der Waals surface area contributed by atoms with Crippen LogP contribution in [0.2, 0.25) is 10.0 Å². The van der Waals surface area contributed by atoms with Gasteiger partial charge in [-0.3, -0.25) is 4.72 Å². The molecule has 0 aliphatic carbocycles. The second-order valence-electron chi connectivity index (χ2n) is 9.28. The number of nitrogens with zero attached hydrogens (tertiary/aromatic N) is 3. The smallest absolute Gasteiger partial charge is 0.385 e. The summed E-state index contributed by atoms with van der Waals surface area (Å²) >= 11 is 11.9.